The van der Waals surface area contributed by atoms with Crippen LogP contribution < -0.4 is 0 Å². The number of likely N-dealkylation sites (tertiary alicyclic amines) is 1. The number of halogens is 2. The van der Waals surface area contributed by atoms with Crippen molar-refractivity contribution < 1.29 is 9.90 Å². The summed E-state index contributed by atoms with van der Waals surface area (Å²) in [6.45, 7) is 2.40. The highest BCUT2D eigenvalue weighted by Crippen LogP contribution is 2.33. The first-order valence-corrected chi connectivity index (χ1v) is 7.79. The van der Waals surface area contributed by atoms with Crippen molar-refractivity contribution in [1.29, 1.82) is 0 Å². The van der Waals surface area contributed by atoms with E-state index in [1.165, 1.54) is 0 Å². The molecule has 1 aliphatic rings. The molecule has 2 unspecified atom stereocenters. The highest BCUT2D eigenvalue weighted by molar-refractivity contribution is 6.30. The first-order chi connectivity index (χ1) is 9.61. The number of rotatable bonds is 5. The maximum absolute atomic E-state index is 11.5. The molecule has 1 aliphatic heterocycles. The number of hydrogen-bond acceptors (Lipinski definition) is 2. The molecule has 5 heteroatoms. The van der Waals surface area contributed by atoms with Crippen molar-refractivity contribution in [2.24, 2.45) is 5.92 Å². The van der Waals surface area contributed by atoms with Crippen LogP contribution in [0.1, 0.15) is 24.3 Å². The fourth-order valence-electron chi connectivity index (χ4n) is 2.87. The van der Waals surface area contributed by atoms with Crippen molar-refractivity contribution in [3.8, 4) is 0 Å². The predicted octanol–water partition coefficient (Wildman–Crippen LogP) is 3.46. The van der Waals surface area contributed by atoms with Crippen LogP contribution in [0.2, 0.25) is 5.02 Å². The van der Waals surface area contributed by atoms with E-state index in [9.17, 15) is 9.90 Å². The van der Waals surface area contributed by atoms with Gasteiger partial charge in [0.2, 0.25) is 0 Å². The first-order valence-electron chi connectivity index (χ1n) is 6.88. The van der Waals surface area contributed by atoms with Gasteiger partial charge in [-0.15, -0.1) is 11.6 Å². The molecule has 110 valence electrons. The molecule has 1 fully saturated rings. The van der Waals surface area contributed by atoms with E-state index in [1.54, 1.807) is 0 Å². The molecule has 1 saturated heterocycles. The molecule has 0 radical (unpaired) electrons. The molecule has 1 aromatic carbocycles. The number of piperidine rings is 1. The molecule has 0 aromatic heterocycles. The average Bonchev–Trinajstić information content (AvgIpc) is 2.45. The minimum Gasteiger partial charge on any atom is -0.481 e. The largest absolute Gasteiger partial charge is 0.481 e. The van der Waals surface area contributed by atoms with Gasteiger partial charge in [-0.25, -0.2) is 0 Å². The van der Waals surface area contributed by atoms with E-state index in [-0.39, 0.29) is 11.8 Å². The van der Waals surface area contributed by atoms with Gasteiger partial charge in [-0.2, -0.15) is 0 Å². The lowest BCUT2D eigenvalue weighted by Gasteiger charge is -2.36. The van der Waals surface area contributed by atoms with Crippen molar-refractivity contribution in [2.75, 3.05) is 25.5 Å². The Labute approximate surface area is 129 Å². The zero-order valence-corrected chi connectivity index (χ0v) is 12.8. The van der Waals surface area contributed by atoms with E-state index in [0.29, 0.717) is 17.4 Å². The molecule has 3 nitrogen and oxygen atoms in total. The summed E-state index contributed by atoms with van der Waals surface area (Å²) in [6.07, 6.45) is 1.76. The molecule has 1 heterocycles. The van der Waals surface area contributed by atoms with Gasteiger partial charge < -0.3 is 10.0 Å². The lowest BCUT2D eigenvalue weighted by Crippen LogP contribution is -2.43. The summed E-state index contributed by atoms with van der Waals surface area (Å²) in [5.74, 6) is -0.396. The topological polar surface area (TPSA) is 40.5 Å². The molecule has 1 N–H and O–H groups in total. The summed E-state index contributed by atoms with van der Waals surface area (Å²) >= 11 is 11.6. The fraction of sp³-hybridized carbons (Fsp3) is 0.533. The summed E-state index contributed by atoms with van der Waals surface area (Å²) < 4.78 is 0. The van der Waals surface area contributed by atoms with Crippen LogP contribution in [0.5, 0.6) is 0 Å². The maximum Gasteiger partial charge on any atom is 0.308 e. The lowest BCUT2D eigenvalue weighted by atomic mass is 9.80. The van der Waals surface area contributed by atoms with Crippen LogP contribution in [-0.2, 0) is 4.79 Å². The van der Waals surface area contributed by atoms with Gasteiger partial charge in [-0.1, -0.05) is 23.7 Å². The summed E-state index contributed by atoms with van der Waals surface area (Å²) in [6, 6.07) is 7.54. The molecular formula is C15H19Cl2NO2. The van der Waals surface area contributed by atoms with Gasteiger partial charge in [0.1, 0.15) is 0 Å². The second-order valence-corrected chi connectivity index (χ2v) is 6.05. The molecule has 2 atom stereocenters. The minimum absolute atomic E-state index is 0.0667. The highest BCUT2D eigenvalue weighted by Gasteiger charge is 2.34. The maximum atomic E-state index is 11.5. The van der Waals surface area contributed by atoms with Gasteiger partial charge in [0.15, 0.2) is 0 Å². The van der Waals surface area contributed by atoms with Crippen LogP contribution in [0.15, 0.2) is 24.3 Å². The van der Waals surface area contributed by atoms with Gasteiger partial charge in [0, 0.05) is 17.4 Å². The number of carboxylic acid groups (broad SMARTS) is 1. The molecule has 0 saturated carbocycles. The Bertz CT molecular complexity index is 450. The number of carboxylic acids is 1. The van der Waals surface area contributed by atoms with Crippen molar-refractivity contribution in [3.63, 3.8) is 0 Å². The van der Waals surface area contributed by atoms with Gasteiger partial charge >= 0.3 is 5.97 Å². The van der Waals surface area contributed by atoms with E-state index in [2.05, 4.69) is 4.90 Å². The second-order valence-electron chi connectivity index (χ2n) is 5.23. The number of hydrogen-bond donors (Lipinski definition) is 1. The number of carbonyl (C=O) groups is 1. The molecule has 20 heavy (non-hydrogen) atoms. The van der Waals surface area contributed by atoms with Crippen LogP contribution in [-0.4, -0.2) is 41.5 Å². The smallest absolute Gasteiger partial charge is 0.308 e. The lowest BCUT2D eigenvalue weighted by molar-refractivity contribution is -0.144. The van der Waals surface area contributed by atoms with Crippen LogP contribution in [0.4, 0.5) is 0 Å². The summed E-state index contributed by atoms with van der Waals surface area (Å²) in [4.78, 5) is 13.7. The van der Waals surface area contributed by atoms with Crippen LogP contribution in [0.3, 0.4) is 0 Å². The Morgan fingerprint density at radius 2 is 2.05 bits per heavy atom. The van der Waals surface area contributed by atoms with E-state index in [4.69, 9.17) is 23.2 Å². The Morgan fingerprint density at radius 3 is 2.65 bits per heavy atom. The van der Waals surface area contributed by atoms with Crippen molar-refractivity contribution in [2.45, 2.75) is 18.8 Å². The molecule has 0 aliphatic carbocycles. The minimum atomic E-state index is -0.722. The van der Waals surface area contributed by atoms with Gasteiger partial charge in [0.25, 0.3) is 0 Å². The Balaban J connectivity index is 2.09. The third kappa shape index (κ3) is 3.87. The molecule has 0 spiro atoms. The van der Waals surface area contributed by atoms with Gasteiger partial charge in [0.05, 0.1) is 5.92 Å². The summed E-state index contributed by atoms with van der Waals surface area (Å²) in [5, 5.41) is 10.2. The summed E-state index contributed by atoms with van der Waals surface area (Å²) in [7, 11) is 0. The van der Waals surface area contributed by atoms with Gasteiger partial charge in [-0.3, -0.25) is 4.79 Å². The number of nitrogens with zero attached hydrogens (tertiary/aromatic N) is 1. The molecule has 0 amide bonds. The Morgan fingerprint density at radius 1 is 1.35 bits per heavy atom. The number of benzene rings is 1. The highest BCUT2D eigenvalue weighted by atomic mass is 35.5. The SMILES string of the molecule is O=C(O)C1CN(CCCCl)CCC1c1ccc(Cl)cc1. The van der Waals surface area contributed by atoms with E-state index in [0.717, 1.165) is 31.5 Å². The summed E-state index contributed by atoms with van der Waals surface area (Å²) in [5.41, 5.74) is 1.07. The average molecular weight is 316 g/mol. The predicted molar refractivity (Wildman–Crippen MR) is 81.7 cm³/mol. The van der Waals surface area contributed by atoms with Crippen LogP contribution in [0.25, 0.3) is 0 Å². The molecule has 2 rings (SSSR count). The molecule has 1 aromatic rings. The first kappa shape index (κ1) is 15.6. The third-order valence-electron chi connectivity index (χ3n) is 3.92. The van der Waals surface area contributed by atoms with Crippen molar-refractivity contribution in [1.82, 2.24) is 4.90 Å². The fourth-order valence-corrected chi connectivity index (χ4v) is 3.11. The second kappa shape index (κ2) is 7.30. The Kier molecular flexibility index (Phi) is 5.70. The van der Waals surface area contributed by atoms with E-state index < -0.39 is 5.97 Å². The number of aliphatic carboxylic acids is 1. The zero-order valence-electron chi connectivity index (χ0n) is 11.3. The number of alkyl halides is 1. The monoisotopic (exact) mass is 315 g/mol. The van der Waals surface area contributed by atoms with E-state index >= 15 is 0 Å². The van der Waals surface area contributed by atoms with Crippen LogP contribution >= 0.6 is 23.2 Å². The zero-order chi connectivity index (χ0) is 14.5. The quantitative estimate of drug-likeness (QED) is 0.846. The normalized spacial score (nSPS) is 23.7. The van der Waals surface area contributed by atoms with E-state index in [1.807, 2.05) is 24.3 Å². The standard InChI is InChI=1S/C15H19Cl2NO2/c16-7-1-8-18-9-6-13(14(10-18)15(19)20)11-2-4-12(17)5-3-11/h2-5,13-14H,1,6-10H2,(H,19,20). The van der Waals surface area contributed by atoms with Gasteiger partial charge in [-0.05, 0) is 49.5 Å². The van der Waals surface area contributed by atoms with Crippen LogP contribution in [0, 0.1) is 5.92 Å². The van der Waals surface area contributed by atoms with Crippen molar-refractivity contribution >= 4 is 29.2 Å². The molecular weight excluding hydrogens is 297 g/mol. The van der Waals surface area contributed by atoms with Crippen molar-refractivity contribution in [3.05, 3.63) is 34.9 Å². The molecule has 0 bridgehead atoms. The Hall–Kier alpha value is -0.770. The third-order valence-corrected chi connectivity index (χ3v) is 4.44.